The molecule has 1 N–H and O–H groups in total. The zero-order valence-electron chi connectivity index (χ0n) is 11.9. The highest BCUT2D eigenvalue weighted by Gasteiger charge is 2.22. The molecule has 0 saturated carbocycles. The van der Waals surface area contributed by atoms with E-state index < -0.39 is 0 Å². The Morgan fingerprint density at radius 2 is 2.09 bits per heavy atom. The summed E-state index contributed by atoms with van der Waals surface area (Å²) in [6.45, 7) is 2.26. The molecule has 116 valence electrons. The standard InChI is InChI=1S/C14H14Br2N4OS/c1-22-14-18-12-2-3-20(7-9(12)13(21)19-14)6-8-10(15)4-17-5-11(8)16/h4-5H,2-3,6-7H2,1H3,(H,18,19,21). The molecule has 3 rings (SSSR count). The molecule has 3 heterocycles. The maximum Gasteiger partial charge on any atom is 0.256 e. The number of aromatic amines is 1. The number of thioether (sulfide) groups is 1. The maximum absolute atomic E-state index is 12.2. The Labute approximate surface area is 149 Å². The molecule has 5 nitrogen and oxygen atoms in total. The van der Waals surface area contributed by atoms with E-state index in [9.17, 15) is 4.79 Å². The van der Waals surface area contributed by atoms with Crippen LogP contribution in [0, 0.1) is 0 Å². The van der Waals surface area contributed by atoms with Gasteiger partial charge in [-0.25, -0.2) is 4.98 Å². The topological polar surface area (TPSA) is 61.9 Å². The predicted molar refractivity (Wildman–Crippen MR) is 94.1 cm³/mol. The predicted octanol–water partition coefficient (Wildman–Crippen LogP) is 2.97. The quantitative estimate of drug-likeness (QED) is 0.581. The molecule has 0 aliphatic carbocycles. The van der Waals surface area contributed by atoms with Gasteiger partial charge < -0.3 is 4.98 Å². The van der Waals surface area contributed by atoms with Crippen LogP contribution in [0.1, 0.15) is 16.8 Å². The first-order chi connectivity index (χ1) is 10.6. The van der Waals surface area contributed by atoms with Crippen molar-refractivity contribution in [3.63, 3.8) is 0 Å². The van der Waals surface area contributed by atoms with E-state index in [1.807, 2.05) is 6.26 Å². The molecule has 0 amide bonds. The summed E-state index contributed by atoms with van der Waals surface area (Å²) in [6, 6.07) is 0. The first kappa shape index (κ1) is 16.2. The van der Waals surface area contributed by atoms with Crippen LogP contribution >= 0.6 is 43.6 Å². The highest BCUT2D eigenvalue weighted by atomic mass is 79.9. The van der Waals surface area contributed by atoms with Gasteiger partial charge in [-0.1, -0.05) is 11.8 Å². The summed E-state index contributed by atoms with van der Waals surface area (Å²) < 4.78 is 1.94. The fourth-order valence-electron chi connectivity index (χ4n) is 2.50. The number of hydrogen-bond donors (Lipinski definition) is 1. The average Bonchev–Trinajstić information content (AvgIpc) is 2.51. The highest BCUT2D eigenvalue weighted by molar-refractivity contribution is 9.11. The van der Waals surface area contributed by atoms with Crippen molar-refractivity contribution in [1.82, 2.24) is 19.9 Å². The van der Waals surface area contributed by atoms with Crippen molar-refractivity contribution in [2.75, 3.05) is 12.8 Å². The number of H-pyrrole nitrogens is 1. The Balaban J connectivity index is 1.84. The number of aromatic nitrogens is 3. The number of rotatable bonds is 3. The van der Waals surface area contributed by atoms with E-state index in [0.29, 0.717) is 11.7 Å². The van der Waals surface area contributed by atoms with Crippen molar-refractivity contribution in [1.29, 1.82) is 0 Å². The summed E-state index contributed by atoms with van der Waals surface area (Å²) in [5.41, 5.74) is 2.83. The van der Waals surface area contributed by atoms with Gasteiger partial charge in [0.2, 0.25) is 0 Å². The van der Waals surface area contributed by atoms with Gasteiger partial charge >= 0.3 is 0 Å². The van der Waals surface area contributed by atoms with Crippen LogP contribution in [0.2, 0.25) is 0 Å². The molecule has 1 aliphatic heterocycles. The molecule has 8 heteroatoms. The Hall–Kier alpha value is -0.700. The first-order valence-electron chi connectivity index (χ1n) is 6.74. The van der Waals surface area contributed by atoms with Crippen molar-refractivity contribution >= 4 is 43.6 Å². The van der Waals surface area contributed by atoms with Gasteiger partial charge in [-0.2, -0.15) is 0 Å². The number of nitrogens with one attached hydrogen (secondary N) is 1. The number of fused-ring (bicyclic) bond motifs is 1. The third-order valence-corrected chi connectivity index (χ3v) is 5.60. The molecule has 0 aromatic carbocycles. The van der Waals surface area contributed by atoms with Crippen molar-refractivity contribution < 1.29 is 0 Å². The molecule has 0 saturated heterocycles. The van der Waals surface area contributed by atoms with E-state index in [-0.39, 0.29) is 5.56 Å². The van der Waals surface area contributed by atoms with E-state index in [2.05, 4.69) is 51.7 Å². The Kier molecular flexibility index (Phi) is 5.01. The SMILES string of the molecule is CSc1nc2c(c(=O)[nH]1)CN(Cc1c(Br)cncc1Br)CC2. The summed E-state index contributed by atoms with van der Waals surface area (Å²) in [6.07, 6.45) is 6.29. The second-order valence-corrected chi connectivity index (χ2v) is 7.55. The lowest BCUT2D eigenvalue weighted by Gasteiger charge is -2.28. The van der Waals surface area contributed by atoms with Crippen molar-refractivity contribution in [3.05, 3.63) is 48.5 Å². The lowest BCUT2D eigenvalue weighted by molar-refractivity contribution is 0.240. The normalized spacial score (nSPS) is 14.9. The van der Waals surface area contributed by atoms with Crippen molar-refractivity contribution in [3.8, 4) is 0 Å². The van der Waals surface area contributed by atoms with Gasteiger partial charge in [0.05, 0.1) is 11.3 Å². The van der Waals surface area contributed by atoms with E-state index in [4.69, 9.17) is 0 Å². The summed E-state index contributed by atoms with van der Waals surface area (Å²) in [5, 5.41) is 0.692. The summed E-state index contributed by atoms with van der Waals surface area (Å²) in [5.74, 6) is 0. The molecule has 0 fully saturated rings. The fraction of sp³-hybridized carbons (Fsp3) is 0.357. The van der Waals surface area contributed by atoms with Crippen LogP contribution in [0.5, 0.6) is 0 Å². The number of hydrogen-bond acceptors (Lipinski definition) is 5. The van der Waals surface area contributed by atoms with Crippen LogP contribution in [0.25, 0.3) is 0 Å². The van der Waals surface area contributed by atoms with Gasteiger partial charge in [-0.3, -0.25) is 14.7 Å². The largest absolute Gasteiger partial charge is 0.301 e. The monoisotopic (exact) mass is 444 g/mol. The van der Waals surface area contributed by atoms with E-state index in [1.54, 1.807) is 12.4 Å². The zero-order valence-corrected chi connectivity index (χ0v) is 15.9. The second-order valence-electron chi connectivity index (χ2n) is 5.04. The molecule has 1 aliphatic rings. The van der Waals surface area contributed by atoms with Gasteiger partial charge in [0.15, 0.2) is 5.16 Å². The molecule has 0 radical (unpaired) electrons. The Morgan fingerprint density at radius 3 is 2.77 bits per heavy atom. The van der Waals surface area contributed by atoms with Gasteiger partial charge in [0.1, 0.15) is 0 Å². The molecular weight excluding hydrogens is 432 g/mol. The smallest absolute Gasteiger partial charge is 0.256 e. The lowest BCUT2D eigenvalue weighted by Crippen LogP contribution is -2.35. The third-order valence-electron chi connectivity index (χ3n) is 3.65. The lowest BCUT2D eigenvalue weighted by atomic mass is 10.1. The number of pyridine rings is 1. The van der Waals surface area contributed by atoms with E-state index in [1.165, 1.54) is 11.8 Å². The van der Waals surface area contributed by atoms with Crippen LogP contribution in [-0.4, -0.2) is 32.7 Å². The molecule has 2 aromatic heterocycles. The molecule has 0 bridgehead atoms. The summed E-state index contributed by atoms with van der Waals surface area (Å²) in [7, 11) is 0. The minimum Gasteiger partial charge on any atom is -0.301 e. The Bertz CT molecular complexity index is 745. The number of halogens is 2. The van der Waals surface area contributed by atoms with Crippen molar-refractivity contribution in [2.45, 2.75) is 24.7 Å². The molecule has 0 unspecified atom stereocenters. The average molecular weight is 446 g/mol. The fourth-order valence-corrected chi connectivity index (χ4v) is 4.08. The van der Waals surface area contributed by atoms with Crippen LogP contribution in [-0.2, 0) is 19.5 Å². The second kappa shape index (κ2) is 6.82. The molecular formula is C14H14Br2N4OS. The first-order valence-corrected chi connectivity index (χ1v) is 9.56. The minimum absolute atomic E-state index is 0.0214. The van der Waals surface area contributed by atoms with Crippen LogP contribution in [0.3, 0.4) is 0 Å². The Morgan fingerprint density at radius 1 is 1.36 bits per heavy atom. The van der Waals surface area contributed by atoms with E-state index >= 15 is 0 Å². The number of nitrogens with zero attached hydrogens (tertiary/aromatic N) is 3. The van der Waals surface area contributed by atoms with Crippen molar-refractivity contribution in [2.24, 2.45) is 0 Å². The molecule has 0 atom stereocenters. The van der Waals surface area contributed by atoms with Gasteiger partial charge in [0.25, 0.3) is 5.56 Å². The summed E-state index contributed by atoms with van der Waals surface area (Å²) in [4.78, 5) is 25.9. The summed E-state index contributed by atoms with van der Waals surface area (Å²) >= 11 is 8.54. The molecule has 0 spiro atoms. The van der Waals surface area contributed by atoms with Gasteiger partial charge in [0, 0.05) is 47.4 Å². The van der Waals surface area contributed by atoms with Gasteiger partial charge in [-0.05, 0) is 43.7 Å². The maximum atomic E-state index is 12.2. The van der Waals surface area contributed by atoms with Crippen LogP contribution < -0.4 is 5.56 Å². The molecule has 22 heavy (non-hydrogen) atoms. The minimum atomic E-state index is -0.0214. The van der Waals surface area contributed by atoms with Crippen LogP contribution in [0.15, 0.2) is 31.3 Å². The zero-order chi connectivity index (χ0) is 15.7. The highest BCUT2D eigenvalue weighted by Crippen LogP contribution is 2.27. The van der Waals surface area contributed by atoms with Gasteiger partial charge in [-0.15, -0.1) is 0 Å². The van der Waals surface area contributed by atoms with Crippen LogP contribution in [0.4, 0.5) is 0 Å². The third kappa shape index (κ3) is 3.29. The molecule has 2 aromatic rings. The van der Waals surface area contributed by atoms with E-state index in [0.717, 1.165) is 45.3 Å².